The van der Waals surface area contributed by atoms with E-state index >= 15 is 0 Å². The molecule has 1 aromatic heterocycles. The fourth-order valence-corrected chi connectivity index (χ4v) is 2.39. The molecule has 3 aromatic rings. The average Bonchev–Trinajstić information content (AvgIpc) is 2.91. The molecular formula is C17H16N2O2. The summed E-state index contributed by atoms with van der Waals surface area (Å²) >= 11 is 0. The van der Waals surface area contributed by atoms with Crippen LogP contribution in [0.15, 0.2) is 47.1 Å². The van der Waals surface area contributed by atoms with E-state index in [9.17, 15) is 4.79 Å². The van der Waals surface area contributed by atoms with Gasteiger partial charge in [-0.1, -0.05) is 24.3 Å². The third-order valence-corrected chi connectivity index (χ3v) is 3.68. The van der Waals surface area contributed by atoms with Crippen molar-refractivity contribution in [3.05, 3.63) is 59.4 Å². The number of nitrogens with one attached hydrogen (secondary N) is 1. The van der Waals surface area contributed by atoms with Gasteiger partial charge >= 0.3 is 0 Å². The molecule has 1 heterocycles. The summed E-state index contributed by atoms with van der Waals surface area (Å²) in [4.78, 5) is 12.5. The molecule has 0 saturated heterocycles. The first kappa shape index (κ1) is 13.2. The molecule has 3 N–H and O–H groups in total. The number of para-hydroxylation sites is 1. The molecule has 0 fully saturated rings. The number of hydrogen-bond acceptors (Lipinski definition) is 3. The Hall–Kier alpha value is -2.75. The van der Waals surface area contributed by atoms with E-state index in [4.69, 9.17) is 10.2 Å². The van der Waals surface area contributed by atoms with Gasteiger partial charge < -0.3 is 15.5 Å². The van der Waals surface area contributed by atoms with Crippen LogP contribution >= 0.6 is 0 Å². The highest BCUT2D eigenvalue weighted by molar-refractivity contribution is 6.12. The molecule has 0 saturated carbocycles. The van der Waals surface area contributed by atoms with E-state index in [-0.39, 0.29) is 5.91 Å². The van der Waals surface area contributed by atoms with Gasteiger partial charge in [-0.25, -0.2) is 0 Å². The minimum absolute atomic E-state index is 0.197. The van der Waals surface area contributed by atoms with Crippen LogP contribution in [0, 0.1) is 13.8 Å². The Kier molecular flexibility index (Phi) is 3.14. The molecule has 0 aliphatic carbocycles. The molecule has 21 heavy (non-hydrogen) atoms. The topological polar surface area (TPSA) is 68.3 Å². The largest absolute Gasteiger partial charge is 0.463 e. The Bertz CT molecular complexity index is 834. The quantitative estimate of drug-likeness (QED) is 0.700. The SMILES string of the molecule is Cc1ccc(N)c(C)c1NC(=O)c1coc2ccccc12. The number of rotatable bonds is 2. The molecule has 0 radical (unpaired) electrons. The minimum atomic E-state index is -0.197. The van der Waals surface area contributed by atoms with Crippen molar-refractivity contribution in [3.63, 3.8) is 0 Å². The predicted molar refractivity (Wildman–Crippen MR) is 84.5 cm³/mol. The lowest BCUT2D eigenvalue weighted by Crippen LogP contribution is -2.14. The van der Waals surface area contributed by atoms with Crippen LogP contribution < -0.4 is 11.1 Å². The fourth-order valence-electron chi connectivity index (χ4n) is 2.39. The number of hydrogen-bond donors (Lipinski definition) is 2. The number of carbonyl (C=O) groups excluding carboxylic acids is 1. The Morgan fingerprint density at radius 1 is 1.14 bits per heavy atom. The Balaban J connectivity index is 1.99. The van der Waals surface area contributed by atoms with E-state index in [0.29, 0.717) is 16.8 Å². The van der Waals surface area contributed by atoms with Crippen molar-refractivity contribution in [2.24, 2.45) is 0 Å². The van der Waals surface area contributed by atoms with Gasteiger partial charge in [0.25, 0.3) is 5.91 Å². The van der Waals surface area contributed by atoms with Crippen molar-refractivity contribution in [2.75, 3.05) is 11.1 Å². The van der Waals surface area contributed by atoms with Crippen LogP contribution in [0.5, 0.6) is 0 Å². The van der Waals surface area contributed by atoms with E-state index in [1.54, 1.807) is 0 Å². The summed E-state index contributed by atoms with van der Waals surface area (Å²) in [5.74, 6) is -0.197. The number of nitrogen functional groups attached to an aromatic ring is 1. The summed E-state index contributed by atoms with van der Waals surface area (Å²) in [7, 11) is 0. The first-order valence-electron chi connectivity index (χ1n) is 6.71. The van der Waals surface area contributed by atoms with Crippen molar-refractivity contribution in [1.29, 1.82) is 0 Å². The maximum Gasteiger partial charge on any atom is 0.259 e. The normalized spacial score (nSPS) is 10.8. The van der Waals surface area contributed by atoms with Crippen molar-refractivity contribution in [2.45, 2.75) is 13.8 Å². The van der Waals surface area contributed by atoms with E-state index < -0.39 is 0 Å². The lowest BCUT2D eigenvalue weighted by molar-refractivity contribution is 0.102. The third-order valence-electron chi connectivity index (χ3n) is 3.68. The van der Waals surface area contributed by atoms with Gasteiger partial charge in [0.2, 0.25) is 0 Å². The van der Waals surface area contributed by atoms with Crippen LogP contribution in [-0.4, -0.2) is 5.91 Å². The van der Waals surface area contributed by atoms with E-state index in [1.807, 2.05) is 50.2 Å². The molecule has 0 bridgehead atoms. The van der Waals surface area contributed by atoms with Crippen LogP contribution in [-0.2, 0) is 0 Å². The van der Waals surface area contributed by atoms with Gasteiger partial charge in [-0.3, -0.25) is 4.79 Å². The first-order valence-corrected chi connectivity index (χ1v) is 6.71. The van der Waals surface area contributed by atoms with Gasteiger partial charge in [0.15, 0.2) is 0 Å². The zero-order valence-corrected chi connectivity index (χ0v) is 11.9. The number of anilines is 2. The Morgan fingerprint density at radius 2 is 1.90 bits per heavy atom. The van der Waals surface area contributed by atoms with Crippen molar-refractivity contribution in [3.8, 4) is 0 Å². The Labute approximate surface area is 122 Å². The molecule has 106 valence electrons. The zero-order chi connectivity index (χ0) is 15.0. The minimum Gasteiger partial charge on any atom is -0.463 e. The number of furan rings is 1. The smallest absolute Gasteiger partial charge is 0.259 e. The number of fused-ring (bicyclic) bond motifs is 1. The van der Waals surface area contributed by atoms with Crippen LogP contribution in [0.25, 0.3) is 11.0 Å². The lowest BCUT2D eigenvalue weighted by atomic mass is 10.1. The summed E-state index contributed by atoms with van der Waals surface area (Å²) in [6.45, 7) is 3.83. The highest BCUT2D eigenvalue weighted by Gasteiger charge is 2.15. The van der Waals surface area contributed by atoms with Crippen LogP contribution in [0.4, 0.5) is 11.4 Å². The number of benzene rings is 2. The van der Waals surface area contributed by atoms with E-state index in [2.05, 4.69) is 5.32 Å². The molecule has 4 heteroatoms. The highest BCUT2D eigenvalue weighted by atomic mass is 16.3. The third kappa shape index (κ3) is 2.25. The second kappa shape index (κ2) is 4.98. The fraction of sp³-hybridized carbons (Fsp3) is 0.118. The highest BCUT2D eigenvalue weighted by Crippen LogP contribution is 2.27. The molecule has 0 aliphatic heterocycles. The average molecular weight is 280 g/mol. The van der Waals surface area contributed by atoms with E-state index in [1.165, 1.54) is 6.26 Å². The van der Waals surface area contributed by atoms with Gasteiger partial charge in [-0.2, -0.15) is 0 Å². The summed E-state index contributed by atoms with van der Waals surface area (Å²) in [6.07, 6.45) is 1.48. The van der Waals surface area contributed by atoms with Crippen molar-refractivity contribution < 1.29 is 9.21 Å². The van der Waals surface area contributed by atoms with Crippen LogP contribution in [0.2, 0.25) is 0 Å². The van der Waals surface area contributed by atoms with Gasteiger partial charge in [-0.15, -0.1) is 0 Å². The summed E-state index contributed by atoms with van der Waals surface area (Å²) < 4.78 is 5.41. The molecule has 1 amide bonds. The number of carbonyl (C=O) groups is 1. The maximum absolute atomic E-state index is 12.5. The van der Waals surface area contributed by atoms with Gasteiger partial charge in [0.05, 0.1) is 5.56 Å². The standard InChI is InChI=1S/C17H16N2O2/c1-10-7-8-14(18)11(2)16(10)19-17(20)13-9-21-15-6-4-3-5-12(13)15/h3-9H,18H2,1-2H3,(H,19,20). The van der Waals surface area contributed by atoms with Gasteiger partial charge in [-0.05, 0) is 37.1 Å². The first-order chi connectivity index (χ1) is 10.1. The number of aryl methyl sites for hydroxylation is 1. The molecule has 0 unspecified atom stereocenters. The second-order valence-electron chi connectivity index (χ2n) is 5.07. The maximum atomic E-state index is 12.5. The van der Waals surface area contributed by atoms with Gasteiger partial charge in [0.1, 0.15) is 11.8 Å². The van der Waals surface area contributed by atoms with Crippen molar-refractivity contribution >= 4 is 28.3 Å². The van der Waals surface area contributed by atoms with Crippen molar-refractivity contribution in [1.82, 2.24) is 0 Å². The molecule has 4 nitrogen and oxygen atoms in total. The zero-order valence-electron chi connectivity index (χ0n) is 11.9. The molecule has 0 spiro atoms. The summed E-state index contributed by atoms with van der Waals surface area (Å²) in [6, 6.07) is 11.2. The predicted octanol–water partition coefficient (Wildman–Crippen LogP) is 3.88. The molecule has 0 atom stereocenters. The summed E-state index contributed by atoms with van der Waals surface area (Å²) in [5.41, 5.74) is 10.4. The van der Waals surface area contributed by atoms with Crippen LogP contribution in [0.3, 0.4) is 0 Å². The number of amides is 1. The lowest BCUT2D eigenvalue weighted by Gasteiger charge is -2.13. The molecule has 2 aromatic carbocycles. The monoisotopic (exact) mass is 280 g/mol. The molecule has 0 aliphatic rings. The van der Waals surface area contributed by atoms with Crippen LogP contribution in [0.1, 0.15) is 21.5 Å². The second-order valence-corrected chi connectivity index (χ2v) is 5.07. The summed E-state index contributed by atoms with van der Waals surface area (Å²) in [5, 5.41) is 3.74. The van der Waals surface area contributed by atoms with Gasteiger partial charge in [0, 0.05) is 16.8 Å². The van der Waals surface area contributed by atoms with E-state index in [0.717, 1.165) is 22.2 Å². The Morgan fingerprint density at radius 3 is 2.71 bits per heavy atom. The molecular weight excluding hydrogens is 264 g/mol. The molecule has 3 rings (SSSR count). The number of nitrogens with two attached hydrogens (primary N) is 1.